The molecule has 0 saturated carbocycles. The summed E-state index contributed by atoms with van der Waals surface area (Å²) in [6.45, 7) is 6.79. The highest BCUT2D eigenvalue weighted by Crippen LogP contribution is 2.47. The highest BCUT2D eigenvalue weighted by molar-refractivity contribution is 6.09. The molecule has 3 heterocycles. The summed E-state index contributed by atoms with van der Waals surface area (Å²) in [5.41, 5.74) is 12.0. The number of nitrogens with zero attached hydrogens (tertiary/aromatic N) is 4. The van der Waals surface area contributed by atoms with Crippen LogP contribution in [-0.2, 0) is 11.0 Å². The maximum Gasteiger partial charge on any atom is 0.250 e. The second-order valence-corrected chi connectivity index (χ2v) is 15.9. The predicted octanol–water partition coefficient (Wildman–Crippen LogP) is 12.2. The highest BCUT2D eigenvalue weighted by atomic mass is 15.2. The monoisotopic (exact) mass is 735 g/mol. The first-order valence-corrected chi connectivity index (χ1v) is 19.7. The van der Waals surface area contributed by atoms with E-state index >= 15 is 0 Å². The molecule has 274 valence electrons. The molecule has 0 aliphatic rings. The van der Waals surface area contributed by atoms with Crippen molar-refractivity contribution in [3.8, 4) is 22.6 Å². The van der Waals surface area contributed by atoms with Crippen molar-refractivity contribution in [1.29, 1.82) is 0 Å². The van der Waals surface area contributed by atoms with Gasteiger partial charge in [-0.15, -0.1) is 0 Å². The van der Waals surface area contributed by atoms with E-state index in [1.807, 2.05) is 6.20 Å². The molecule has 0 amide bonds. The van der Waals surface area contributed by atoms with Crippen molar-refractivity contribution < 1.29 is 4.57 Å². The van der Waals surface area contributed by atoms with Crippen LogP contribution in [-0.4, -0.2) is 14.1 Å². The van der Waals surface area contributed by atoms with Crippen molar-refractivity contribution in [3.63, 3.8) is 0 Å². The third-order valence-corrected chi connectivity index (χ3v) is 11.5. The molecular formula is C53H43N4+. The van der Waals surface area contributed by atoms with E-state index in [1.165, 1.54) is 44.1 Å². The maximum atomic E-state index is 5.02. The van der Waals surface area contributed by atoms with E-state index in [4.69, 9.17) is 4.98 Å². The number of para-hydroxylation sites is 3. The minimum absolute atomic E-state index is 0.0936. The zero-order chi connectivity index (χ0) is 38.6. The Morgan fingerprint density at radius 3 is 1.77 bits per heavy atom. The molecule has 0 saturated heterocycles. The van der Waals surface area contributed by atoms with Gasteiger partial charge in [0.25, 0.3) is 0 Å². The third-order valence-electron chi connectivity index (χ3n) is 11.5. The van der Waals surface area contributed by atoms with Crippen LogP contribution in [0.1, 0.15) is 43.0 Å². The van der Waals surface area contributed by atoms with Crippen LogP contribution in [0.3, 0.4) is 0 Å². The van der Waals surface area contributed by atoms with Gasteiger partial charge in [-0.1, -0.05) is 146 Å². The number of hydrogen-bond acceptors (Lipinski definition) is 1. The van der Waals surface area contributed by atoms with E-state index < -0.39 is 5.41 Å². The van der Waals surface area contributed by atoms with Gasteiger partial charge in [-0.3, -0.25) is 4.57 Å². The first kappa shape index (κ1) is 34.5. The van der Waals surface area contributed by atoms with Gasteiger partial charge in [0.1, 0.15) is 17.0 Å². The van der Waals surface area contributed by atoms with Gasteiger partial charge in [0, 0.05) is 17.0 Å². The molecule has 4 heteroatoms. The minimum Gasteiger partial charge on any atom is -0.294 e. The summed E-state index contributed by atoms with van der Waals surface area (Å²) in [6, 6.07) is 70.5. The molecule has 0 N–H and O–H groups in total. The smallest absolute Gasteiger partial charge is 0.250 e. The Bertz CT molecular complexity index is 3000. The fourth-order valence-corrected chi connectivity index (χ4v) is 8.92. The lowest BCUT2D eigenvalue weighted by molar-refractivity contribution is -0.731. The highest BCUT2D eigenvalue weighted by Gasteiger charge is 2.39. The van der Waals surface area contributed by atoms with Gasteiger partial charge in [-0.2, -0.15) is 4.57 Å². The van der Waals surface area contributed by atoms with Gasteiger partial charge >= 0.3 is 0 Å². The van der Waals surface area contributed by atoms with E-state index in [1.54, 1.807) is 0 Å². The van der Waals surface area contributed by atoms with Crippen LogP contribution in [0.5, 0.6) is 0 Å². The number of benzene rings is 7. The van der Waals surface area contributed by atoms with Crippen LogP contribution in [0.2, 0.25) is 0 Å². The Morgan fingerprint density at radius 2 is 1.05 bits per heavy atom. The molecule has 0 spiro atoms. The fraction of sp³-hybridized carbons (Fsp3) is 0.0943. The molecular weight excluding hydrogens is 693 g/mol. The van der Waals surface area contributed by atoms with E-state index in [0.29, 0.717) is 0 Å². The predicted molar refractivity (Wildman–Crippen MR) is 234 cm³/mol. The largest absolute Gasteiger partial charge is 0.294 e. The molecule has 57 heavy (non-hydrogen) atoms. The molecule has 0 radical (unpaired) electrons. The number of fused-ring (bicyclic) bond motifs is 4. The van der Waals surface area contributed by atoms with E-state index in [9.17, 15) is 0 Å². The first-order valence-electron chi connectivity index (χ1n) is 19.7. The first-order chi connectivity index (χ1) is 27.9. The molecule has 10 aromatic rings. The van der Waals surface area contributed by atoms with Crippen LogP contribution in [0, 0.1) is 0 Å². The van der Waals surface area contributed by atoms with Gasteiger partial charge in [0.15, 0.2) is 11.0 Å². The summed E-state index contributed by atoms with van der Waals surface area (Å²) >= 11 is 0. The molecule has 0 unspecified atom stereocenters. The topological polar surface area (TPSA) is 26.6 Å². The molecule has 7 aromatic carbocycles. The second kappa shape index (κ2) is 13.6. The van der Waals surface area contributed by atoms with Crippen LogP contribution in [0.4, 0.5) is 0 Å². The zero-order valence-electron chi connectivity index (χ0n) is 32.4. The summed E-state index contributed by atoms with van der Waals surface area (Å²) in [5.74, 6) is 0.887. The Hall–Kier alpha value is -7.04. The van der Waals surface area contributed by atoms with Crippen LogP contribution in [0.15, 0.2) is 207 Å². The van der Waals surface area contributed by atoms with Crippen LogP contribution < -0.4 is 4.57 Å². The summed E-state index contributed by atoms with van der Waals surface area (Å²) < 4.78 is 7.07. The Balaban J connectivity index is 1.27. The standard InChI is InChI=1S/C53H43N4/c1-52(2,3)56-37-55(48-28-15-16-29-49(48)56)44-25-17-24-42(35-44)53(40-20-9-5-10-21-40,41-22-11-6-12-23-41)43-30-31-46-45-26-13-14-27-47(45)57(50(46)36-43)51-34-39(32-33-54-51)38-18-7-4-8-19-38/h4-37H,1-3H3/q+1. The summed E-state index contributed by atoms with van der Waals surface area (Å²) in [6.07, 6.45) is 4.19. The van der Waals surface area contributed by atoms with Gasteiger partial charge < -0.3 is 0 Å². The van der Waals surface area contributed by atoms with Crippen LogP contribution >= 0.6 is 0 Å². The maximum absolute atomic E-state index is 5.02. The van der Waals surface area contributed by atoms with Crippen molar-refractivity contribution in [3.05, 3.63) is 229 Å². The van der Waals surface area contributed by atoms with E-state index in [-0.39, 0.29) is 5.54 Å². The van der Waals surface area contributed by atoms with E-state index in [0.717, 1.165) is 33.7 Å². The Morgan fingerprint density at radius 1 is 0.456 bits per heavy atom. The lowest BCUT2D eigenvalue weighted by Crippen LogP contribution is -2.49. The lowest BCUT2D eigenvalue weighted by atomic mass is 9.65. The number of hydrogen-bond donors (Lipinski definition) is 0. The van der Waals surface area contributed by atoms with Gasteiger partial charge in [-0.05, 0) is 103 Å². The third kappa shape index (κ3) is 5.67. The molecule has 10 rings (SSSR count). The minimum atomic E-state index is -0.670. The molecule has 4 nitrogen and oxygen atoms in total. The van der Waals surface area contributed by atoms with E-state index in [2.05, 4.69) is 235 Å². The SMILES string of the molecule is CC(C)(C)[n+]1cn(-c2cccc(C(c3ccccc3)(c3ccccc3)c3ccc4c5ccccc5n(-c5cc(-c6ccccc6)ccn5)c4c3)c2)c2ccccc21. The van der Waals surface area contributed by atoms with Crippen molar-refractivity contribution in [2.24, 2.45) is 0 Å². The Kier molecular flexibility index (Phi) is 8.23. The summed E-state index contributed by atoms with van der Waals surface area (Å²) in [4.78, 5) is 5.02. The average Bonchev–Trinajstić information content (AvgIpc) is 3.82. The van der Waals surface area contributed by atoms with Crippen molar-refractivity contribution in [2.45, 2.75) is 31.7 Å². The van der Waals surface area contributed by atoms with Crippen molar-refractivity contribution in [2.75, 3.05) is 0 Å². The number of rotatable bonds is 7. The van der Waals surface area contributed by atoms with Crippen molar-refractivity contribution in [1.82, 2.24) is 14.1 Å². The zero-order valence-corrected chi connectivity index (χ0v) is 32.4. The van der Waals surface area contributed by atoms with Gasteiger partial charge in [0.05, 0.1) is 16.4 Å². The van der Waals surface area contributed by atoms with Crippen molar-refractivity contribution >= 4 is 32.8 Å². The normalized spacial score (nSPS) is 12.1. The molecule has 0 fully saturated rings. The number of aromatic nitrogens is 4. The lowest BCUT2D eigenvalue weighted by Gasteiger charge is -2.37. The van der Waals surface area contributed by atoms with Gasteiger partial charge in [0.2, 0.25) is 6.33 Å². The number of pyridine rings is 1. The quantitative estimate of drug-likeness (QED) is 0.118. The Labute approximate surface area is 333 Å². The van der Waals surface area contributed by atoms with Gasteiger partial charge in [-0.25, -0.2) is 9.55 Å². The molecule has 0 bridgehead atoms. The second-order valence-electron chi connectivity index (χ2n) is 15.9. The molecule has 0 aliphatic heterocycles. The fourth-order valence-electron chi connectivity index (χ4n) is 8.92. The summed E-state index contributed by atoms with van der Waals surface area (Å²) in [5, 5.41) is 2.39. The molecule has 0 atom stereocenters. The number of imidazole rings is 1. The average molecular weight is 736 g/mol. The summed E-state index contributed by atoms with van der Waals surface area (Å²) in [7, 11) is 0. The molecule has 3 aromatic heterocycles. The molecule has 0 aliphatic carbocycles. The van der Waals surface area contributed by atoms with Crippen LogP contribution in [0.25, 0.3) is 55.5 Å².